The standard InChI is InChI=1S/C8H13N5O2S/c1-2-15-8(14)12-7(16)10-3-4-13-6-9-5-11-13/h5-6H,2-4H2,1H3,(H2,10,12,14,16). The molecule has 1 heterocycles. The first-order valence-electron chi connectivity index (χ1n) is 4.76. The molecule has 0 bridgehead atoms. The normalized spacial score (nSPS) is 9.56. The van der Waals surface area contributed by atoms with Gasteiger partial charge in [-0.05, 0) is 19.1 Å². The number of hydrogen-bond acceptors (Lipinski definition) is 5. The average Bonchev–Trinajstić information content (AvgIpc) is 2.70. The number of hydrogen-bond donors (Lipinski definition) is 2. The lowest BCUT2D eigenvalue weighted by Crippen LogP contribution is -2.40. The second-order valence-corrected chi connectivity index (χ2v) is 3.17. The molecular formula is C8H13N5O2S. The van der Waals surface area contributed by atoms with Gasteiger partial charge in [0.15, 0.2) is 5.11 Å². The van der Waals surface area contributed by atoms with Gasteiger partial charge in [0, 0.05) is 6.54 Å². The molecule has 0 aliphatic heterocycles. The highest BCUT2D eigenvalue weighted by atomic mass is 32.1. The van der Waals surface area contributed by atoms with Crippen LogP contribution in [0, 0.1) is 0 Å². The number of nitrogens with zero attached hydrogens (tertiary/aromatic N) is 3. The van der Waals surface area contributed by atoms with E-state index in [9.17, 15) is 4.79 Å². The molecular weight excluding hydrogens is 230 g/mol. The number of alkyl carbamates (subject to hydrolysis) is 1. The van der Waals surface area contributed by atoms with Gasteiger partial charge in [-0.2, -0.15) is 5.10 Å². The van der Waals surface area contributed by atoms with Crippen LogP contribution >= 0.6 is 12.2 Å². The summed E-state index contributed by atoms with van der Waals surface area (Å²) in [7, 11) is 0. The monoisotopic (exact) mass is 243 g/mol. The van der Waals surface area contributed by atoms with Gasteiger partial charge in [-0.15, -0.1) is 0 Å². The van der Waals surface area contributed by atoms with E-state index >= 15 is 0 Å². The van der Waals surface area contributed by atoms with Crippen LogP contribution in [0.5, 0.6) is 0 Å². The molecule has 0 saturated carbocycles. The smallest absolute Gasteiger partial charge is 0.413 e. The minimum Gasteiger partial charge on any atom is -0.450 e. The van der Waals surface area contributed by atoms with Gasteiger partial charge < -0.3 is 10.1 Å². The molecule has 2 N–H and O–H groups in total. The molecule has 0 radical (unpaired) electrons. The van der Waals surface area contributed by atoms with Crippen molar-refractivity contribution >= 4 is 23.4 Å². The highest BCUT2D eigenvalue weighted by molar-refractivity contribution is 7.80. The first-order chi connectivity index (χ1) is 7.72. The Balaban J connectivity index is 2.13. The third-order valence-corrected chi connectivity index (χ3v) is 1.83. The lowest BCUT2D eigenvalue weighted by molar-refractivity contribution is 0.157. The fraction of sp³-hybridized carbons (Fsp3) is 0.500. The summed E-state index contributed by atoms with van der Waals surface area (Å²) >= 11 is 4.87. The van der Waals surface area contributed by atoms with E-state index < -0.39 is 6.09 Å². The zero-order valence-electron chi connectivity index (χ0n) is 8.84. The van der Waals surface area contributed by atoms with E-state index in [0.717, 1.165) is 0 Å². The maximum Gasteiger partial charge on any atom is 0.413 e. The molecule has 0 aliphatic carbocycles. The van der Waals surface area contributed by atoms with Gasteiger partial charge in [0.1, 0.15) is 12.7 Å². The SMILES string of the molecule is CCOC(=O)NC(=S)NCCn1cncn1. The first kappa shape index (κ1) is 12.4. The van der Waals surface area contributed by atoms with E-state index in [0.29, 0.717) is 19.7 Å². The Bertz CT molecular complexity index is 340. The van der Waals surface area contributed by atoms with Crippen molar-refractivity contribution in [3.8, 4) is 0 Å². The maximum absolute atomic E-state index is 11.0. The van der Waals surface area contributed by atoms with Crippen LogP contribution in [0.2, 0.25) is 0 Å². The fourth-order valence-corrected chi connectivity index (χ4v) is 1.12. The first-order valence-corrected chi connectivity index (χ1v) is 5.17. The number of nitrogens with one attached hydrogen (secondary N) is 2. The molecule has 1 amide bonds. The van der Waals surface area contributed by atoms with Crippen LogP contribution in [-0.4, -0.2) is 39.1 Å². The number of rotatable bonds is 4. The minimum atomic E-state index is -0.555. The third-order valence-electron chi connectivity index (χ3n) is 1.58. The fourth-order valence-electron chi connectivity index (χ4n) is 0.936. The van der Waals surface area contributed by atoms with E-state index in [-0.39, 0.29) is 5.11 Å². The second-order valence-electron chi connectivity index (χ2n) is 2.76. The molecule has 1 rings (SSSR count). The molecule has 88 valence electrons. The van der Waals surface area contributed by atoms with Crippen molar-refractivity contribution in [1.82, 2.24) is 25.4 Å². The van der Waals surface area contributed by atoms with Crippen LogP contribution < -0.4 is 10.6 Å². The molecule has 0 spiro atoms. The maximum atomic E-state index is 11.0. The highest BCUT2D eigenvalue weighted by Gasteiger charge is 2.03. The summed E-state index contributed by atoms with van der Waals surface area (Å²) in [4.78, 5) is 14.8. The van der Waals surface area contributed by atoms with Gasteiger partial charge in [0.2, 0.25) is 0 Å². The van der Waals surface area contributed by atoms with Crippen molar-refractivity contribution in [3.05, 3.63) is 12.7 Å². The van der Waals surface area contributed by atoms with Gasteiger partial charge in [-0.25, -0.2) is 9.78 Å². The summed E-state index contributed by atoms with van der Waals surface area (Å²) in [5.41, 5.74) is 0. The molecule has 16 heavy (non-hydrogen) atoms. The van der Waals surface area contributed by atoms with Crippen LogP contribution in [0.3, 0.4) is 0 Å². The summed E-state index contributed by atoms with van der Waals surface area (Å²) in [6.45, 7) is 3.20. The Labute approximate surface area is 98.2 Å². The summed E-state index contributed by atoms with van der Waals surface area (Å²) in [5, 5.41) is 9.36. The lowest BCUT2D eigenvalue weighted by atomic mass is 10.6. The van der Waals surface area contributed by atoms with E-state index in [2.05, 4.69) is 25.5 Å². The van der Waals surface area contributed by atoms with Crippen molar-refractivity contribution in [2.45, 2.75) is 13.5 Å². The van der Waals surface area contributed by atoms with Gasteiger partial charge in [-0.3, -0.25) is 10.00 Å². The lowest BCUT2D eigenvalue weighted by Gasteiger charge is -2.08. The summed E-state index contributed by atoms with van der Waals surface area (Å²) in [6.07, 6.45) is 2.50. The van der Waals surface area contributed by atoms with Gasteiger partial charge >= 0.3 is 6.09 Å². The Hall–Kier alpha value is -1.70. The zero-order chi connectivity index (χ0) is 11.8. The van der Waals surface area contributed by atoms with Crippen LogP contribution in [0.15, 0.2) is 12.7 Å². The Kier molecular flexibility index (Phi) is 5.20. The van der Waals surface area contributed by atoms with Crippen LogP contribution in [0.1, 0.15) is 6.92 Å². The number of amides is 1. The van der Waals surface area contributed by atoms with Crippen molar-refractivity contribution < 1.29 is 9.53 Å². The van der Waals surface area contributed by atoms with Gasteiger partial charge in [0.25, 0.3) is 0 Å². The molecule has 0 atom stereocenters. The molecule has 1 aromatic rings. The summed E-state index contributed by atoms with van der Waals surface area (Å²) in [6, 6.07) is 0. The number of aromatic nitrogens is 3. The number of carbonyl (C=O) groups is 1. The molecule has 1 aromatic heterocycles. The van der Waals surface area contributed by atoms with Crippen molar-refractivity contribution in [2.24, 2.45) is 0 Å². The number of thiocarbonyl (C=S) groups is 1. The Morgan fingerprint density at radius 1 is 1.62 bits per heavy atom. The van der Waals surface area contributed by atoms with Gasteiger partial charge in [-0.1, -0.05) is 0 Å². The highest BCUT2D eigenvalue weighted by Crippen LogP contribution is 1.80. The van der Waals surface area contributed by atoms with E-state index in [1.165, 1.54) is 6.33 Å². The van der Waals surface area contributed by atoms with Crippen molar-refractivity contribution in [1.29, 1.82) is 0 Å². The number of ether oxygens (including phenoxy) is 1. The van der Waals surface area contributed by atoms with E-state index in [4.69, 9.17) is 12.2 Å². The van der Waals surface area contributed by atoms with Gasteiger partial charge in [0.05, 0.1) is 13.2 Å². The molecule has 8 heteroatoms. The zero-order valence-corrected chi connectivity index (χ0v) is 9.66. The summed E-state index contributed by atoms with van der Waals surface area (Å²) < 4.78 is 6.31. The molecule has 0 unspecified atom stereocenters. The largest absolute Gasteiger partial charge is 0.450 e. The van der Waals surface area contributed by atoms with Crippen molar-refractivity contribution in [3.63, 3.8) is 0 Å². The predicted octanol–water partition coefficient (Wildman–Crippen LogP) is -0.101. The second kappa shape index (κ2) is 6.72. The topological polar surface area (TPSA) is 81.1 Å². The molecule has 0 aliphatic rings. The van der Waals surface area contributed by atoms with Crippen molar-refractivity contribution in [2.75, 3.05) is 13.2 Å². The number of carbonyl (C=O) groups excluding carboxylic acids is 1. The van der Waals surface area contributed by atoms with E-state index in [1.54, 1.807) is 17.9 Å². The molecule has 0 aromatic carbocycles. The van der Waals surface area contributed by atoms with E-state index in [1.807, 2.05) is 0 Å². The molecule has 0 saturated heterocycles. The Morgan fingerprint density at radius 3 is 3.06 bits per heavy atom. The molecule has 0 fully saturated rings. The molecule has 7 nitrogen and oxygen atoms in total. The predicted molar refractivity (Wildman–Crippen MR) is 60.8 cm³/mol. The van der Waals surface area contributed by atoms with Crippen LogP contribution in [0.4, 0.5) is 4.79 Å². The summed E-state index contributed by atoms with van der Waals surface area (Å²) in [5.74, 6) is 0. The third kappa shape index (κ3) is 4.69. The van der Waals surface area contributed by atoms with Crippen LogP contribution in [-0.2, 0) is 11.3 Å². The average molecular weight is 243 g/mol. The van der Waals surface area contributed by atoms with Crippen LogP contribution in [0.25, 0.3) is 0 Å². The Morgan fingerprint density at radius 2 is 2.44 bits per heavy atom. The quantitative estimate of drug-likeness (QED) is 0.719. The minimum absolute atomic E-state index is 0.235.